The normalized spacial score (nSPS) is 15.6. The highest BCUT2D eigenvalue weighted by molar-refractivity contribution is 6.35. The smallest absolute Gasteiger partial charge is 0.255 e. The van der Waals surface area contributed by atoms with E-state index in [1.165, 1.54) is 5.01 Å². The Morgan fingerprint density at radius 2 is 2.12 bits per heavy atom. The molecule has 2 rings (SSSR count). The van der Waals surface area contributed by atoms with E-state index in [0.717, 1.165) is 5.56 Å². The average molecular weight is 258 g/mol. The molecule has 6 heteroatoms. The van der Waals surface area contributed by atoms with Gasteiger partial charge in [-0.25, -0.2) is 0 Å². The maximum Gasteiger partial charge on any atom is 0.255 e. The van der Waals surface area contributed by atoms with Crippen molar-refractivity contribution in [2.45, 2.75) is 13.3 Å². The summed E-state index contributed by atoms with van der Waals surface area (Å²) in [6.45, 7) is 1.80. The summed E-state index contributed by atoms with van der Waals surface area (Å²) < 4.78 is 0. The van der Waals surface area contributed by atoms with Gasteiger partial charge in [0.25, 0.3) is 5.91 Å². The van der Waals surface area contributed by atoms with Crippen molar-refractivity contribution in [3.8, 4) is 0 Å². The number of anilines is 1. The quantitative estimate of drug-likeness (QED) is 0.840. The van der Waals surface area contributed by atoms with Gasteiger partial charge in [-0.05, 0) is 24.6 Å². The van der Waals surface area contributed by atoms with Crippen molar-refractivity contribution < 1.29 is 4.79 Å². The van der Waals surface area contributed by atoms with Crippen LogP contribution in [0.4, 0.5) is 5.69 Å². The number of halogens is 2. The van der Waals surface area contributed by atoms with Gasteiger partial charge < -0.3 is 5.73 Å². The minimum atomic E-state index is -0.182. The molecule has 0 fully saturated rings. The van der Waals surface area contributed by atoms with Gasteiger partial charge in [0.05, 0.1) is 12.1 Å². The fourth-order valence-electron chi connectivity index (χ4n) is 1.49. The molecule has 0 saturated heterocycles. The number of hydrazone groups is 1. The van der Waals surface area contributed by atoms with Crippen LogP contribution in [0.1, 0.15) is 12.0 Å². The van der Waals surface area contributed by atoms with E-state index in [1.807, 2.05) is 0 Å². The number of carbonyl (C=O) groups is 1. The monoisotopic (exact) mass is 257 g/mol. The molecule has 1 aliphatic heterocycles. The first kappa shape index (κ1) is 11.2. The molecular weight excluding hydrogens is 249 g/mol. The molecule has 0 aromatic heterocycles. The number of nitrogens with two attached hydrogens (primary N) is 1. The standard InChI is InChI=1S/C10H9Cl2N3O/c1-5-7(12)2-6(11)3-8(5)15-10(16)4-9(13)14-15/h2-3H,4H2,1H3,(H2,13,14). The van der Waals surface area contributed by atoms with Crippen LogP contribution in [-0.2, 0) is 4.79 Å². The fraction of sp³-hybridized carbons (Fsp3) is 0.200. The van der Waals surface area contributed by atoms with Crippen LogP contribution in [0.25, 0.3) is 0 Å². The molecule has 1 heterocycles. The summed E-state index contributed by atoms with van der Waals surface area (Å²) in [7, 11) is 0. The van der Waals surface area contributed by atoms with Gasteiger partial charge in [-0.2, -0.15) is 10.1 Å². The van der Waals surface area contributed by atoms with Gasteiger partial charge in [-0.3, -0.25) is 4.79 Å². The van der Waals surface area contributed by atoms with Gasteiger partial charge in [0, 0.05) is 10.0 Å². The molecule has 0 unspecified atom stereocenters. The lowest BCUT2D eigenvalue weighted by molar-refractivity contribution is -0.116. The van der Waals surface area contributed by atoms with Crippen molar-refractivity contribution in [3.63, 3.8) is 0 Å². The molecule has 84 valence electrons. The molecule has 16 heavy (non-hydrogen) atoms. The van der Waals surface area contributed by atoms with Gasteiger partial charge >= 0.3 is 0 Å². The van der Waals surface area contributed by atoms with Crippen LogP contribution in [0.5, 0.6) is 0 Å². The van der Waals surface area contributed by atoms with Gasteiger partial charge in [-0.15, -0.1) is 0 Å². The summed E-state index contributed by atoms with van der Waals surface area (Å²) in [5.74, 6) is 0.111. The Morgan fingerprint density at radius 1 is 1.44 bits per heavy atom. The van der Waals surface area contributed by atoms with E-state index in [0.29, 0.717) is 21.6 Å². The van der Waals surface area contributed by atoms with Crippen LogP contribution >= 0.6 is 23.2 Å². The Morgan fingerprint density at radius 3 is 2.69 bits per heavy atom. The summed E-state index contributed by atoms with van der Waals surface area (Å²) in [5.41, 5.74) is 6.82. The Labute approximate surface area is 103 Å². The number of hydrogen-bond acceptors (Lipinski definition) is 3. The second kappa shape index (κ2) is 3.96. The number of amidine groups is 1. The minimum absolute atomic E-state index is 0.129. The third-order valence-corrected chi connectivity index (χ3v) is 2.92. The lowest BCUT2D eigenvalue weighted by atomic mass is 10.2. The van der Waals surface area contributed by atoms with Crippen LogP contribution in [0.3, 0.4) is 0 Å². The Bertz CT molecular complexity index is 499. The molecule has 0 bridgehead atoms. The van der Waals surface area contributed by atoms with Crippen LogP contribution < -0.4 is 10.7 Å². The fourth-order valence-corrected chi connectivity index (χ4v) is 1.97. The Kier molecular flexibility index (Phi) is 2.78. The molecule has 1 aliphatic rings. The SMILES string of the molecule is Cc1c(Cl)cc(Cl)cc1N1N=C(N)CC1=O. The van der Waals surface area contributed by atoms with Gasteiger partial charge in [0.1, 0.15) is 5.84 Å². The van der Waals surface area contributed by atoms with E-state index in [1.54, 1.807) is 19.1 Å². The zero-order chi connectivity index (χ0) is 11.9. The highest BCUT2D eigenvalue weighted by atomic mass is 35.5. The number of benzene rings is 1. The van der Waals surface area contributed by atoms with E-state index >= 15 is 0 Å². The first-order valence-corrected chi connectivity index (χ1v) is 5.36. The van der Waals surface area contributed by atoms with Crippen molar-refractivity contribution in [3.05, 3.63) is 27.7 Å². The summed E-state index contributed by atoms with van der Waals surface area (Å²) in [4.78, 5) is 11.6. The highest BCUT2D eigenvalue weighted by Crippen LogP contribution is 2.32. The van der Waals surface area contributed by atoms with Gasteiger partial charge in [0.15, 0.2) is 0 Å². The molecule has 1 aromatic carbocycles. The largest absolute Gasteiger partial charge is 0.385 e. The maximum atomic E-state index is 11.6. The van der Waals surface area contributed by atoms with Gasteiger partial charge in [0.2, 0.25) is 0 Å². The molecule has 0 spiro atoms. The highest BCUT2D eigenvalue weighted by Gasteiger charge is 2.25. The first-order valence-electron chi connectivity index (χ1n) is 4.60. The molecule has 1 aromatic rings. The molecule has 2 N–H and O–H groups in total. The van der Waals surface area contributed by atoms with Crippen LogP contribution in [0.15, 0.2) is 17.2 Å². The van der Waals surface area contributed by atoms with E-state index < -0.39 is 0 Å². The van der Waals surface area contributed by atoms with Crippen LogP contribution in [0.2, 0.25) is 10.0 Å². The zero-order valence-corrected chi connectivity index (χ0v) is 10.0. The lowest BCUT2D eigenvalue weighted by Gasteiger charge is -2.15. The Hall–Kier alpha value is -1.26. The average Bonchev–Trinajstić information content (AvgIpc) is 2.51. The molecule has 0 aliphatic carbocycles. The topological polar surface area (TPSA) is 58.7 Å². The van der Waals surface area contributed by atoms with E-state index in [2.05, 4.69) is 5.10 Å². The second-order valence-electron chi connectivity index (χ2n) is 3.51. The number of carbonyl (C=O) groups excluding carboxylic acids is 1. The molecule has 0 radical (unpaired) electrons. The summed E-state index contributed by atoms with van der Waals surface area (Å²) in [5, 5.41) is 6.14. The first-order chi connectivity index (χ1) is 7.49. The number of nitrogens with zero attached hydrogens (tertiary/aromatic N) is 2. The molecule has 1 amide bonds. The van der Waals surface area contributed by atoms with Crippen LogP contribution in [0, 0.1) is 6.92 Å². The van der Waals surface area contributed by atoms with Crippen molar-refractivity contribution in [2.75, 3.05) is 5.01 Å². The van der Waals surface area contributed by atoms with E-state index in [-0.39, 0.29) is 12.3 Å². The van der Waals surface area contributed by atoms with E-state index in [4.69, 9.17) is 28.9 Å². The number of hydrogen-bond donors (Lipinski definition) is 1. The predicted octanol–water partition coefficient (Wildman–Crippen LogP) is 2.31. The molecule has 0 saturated carbocycles. The lowest BCUT2D eigenvalue weighted by Crippen LogP contribution is -2.20. The van der Waals surface area contributed by atoms with Gasteiger partial charge in [-0.1, -0.05) is 23.2 Å². The summed E-state index contributed by atoms with van der Waals surface area (Å²) in [6.07, 6.45) is 0.129. The zero-order valence-electron chi connectivity index (χ0n) is 8.50. The maximum absolute atomic E-state index is 11.6. The number of amides is 1. The molecule has 4 nitrogen and oxygen atoms in total. The number of rotatable bonds is 1. The van der Waals surface area contributed by atoms with Crippen molar-refractivity contribution in [1.82, 2.24) is 0 Å². The molecular formula is C10H9Cl2N3O. The minimum Gasteiger partial charge on any atom is -0.385 e. The Balaban J connectivity index is 2.52. The third kappa shape index (κ3) is 1.86. The van der Waals surface area contributed by atoms with Crippen molar-refractivity contribution in [2.24, 2.45) is 10.8 Å². The van der Waals surface area contributed by atoms with Crippen LogP contribution in [-0.4, -0.2) is 11.7 Å². The van der Waals surface area contributed by atoms with Crippen molar-refractivity contribution >= 4 is 40.6 Å². The summed E-state index contributed by atoms with van der Waals surface area (Å²) in [6, 6.07) is 3.26. The van der Waals surface area contributed by atoms with E-state index in [9.17, 15) is 4.79 Å². The predicted molar refractivity (Wildman–Crippen MR) is 64.9 cm³/mol. The molecule has 0 atom stereocenters. The third-order valence-electron chi connectivity index (χ3n) is 2.31. The summed E-state index contributed by atoms with van der Waals surface area (Å²) >= 11 is 11.9. The van der Waals surface area contributed by atoms with Crippen molar-refractivity contribution in [1.29, 1.82) is 0 Å². The second-order valence-corrected chi connectivity index (χ2v) is 4.35.